The molecule has 0 aliphatic carbocycles. The third-order valence-corrected chi connectivity index (χ3v) is 4.04. The van der Waals surface area contributed by atoms with Gasteiger partial charge in [0.1, 0.15) is 0 Å². The van der Waals surface area contributed by atoms with Crippen molar-refractivity contribution >= 4 is 11.8 Å². The zero-order valence-electron chi connectivity index (χ0n) is 15.2. The number of hydrogen-bond donors (Lipinski definition) is 1. The van der Waals surface area contributed by atoms with Gasteiger partial charge in [0.25, 0.3) is 5.91 Å². The highest BCUT2D eigenvalue weighted by Gasteiger charge is 2.26. The molecule has 0 atom stereocenters. The number of para-hydroxylation sites is 1. The second kappa shape index (κ2) is 7.82. The number of aromatic nitrogens is 3. The van der Waals surface area contributed by atoms with Gasteiger partial charge in [0, 0.05) is 11.6 Å². The average molecular weight is 363 g/mol. The highest BCUT2D eigenvalue weighted by Crippen LogP contribution is 2.21. The molecule has 0 saturated heterocycles. The number of carbonyl (C=O) groups is 2. The summed E-state index contributed by atoms with van der Waals surface area (Å²) >= 11 is 0. The lowest BCUT2D eigenvalue weighted by Gasteiger charge is -2.23. The molecule has 1 heterocycles. The molecular weight excluding hydrogens is 342 g/mol. The molecule has 3 rings (SSSR count). The molecule has 2 N–H and O–H groups in total. The first kappa shape index (κ1) is 18.3. The molecule has 1 aromatic heterocycles. The Morgan fingerprint density at radius 3 is 2.19 bits per heavy atom. The minimum absolute atomic E-state index is 0.0210. The van der Waals surface area contributed by atoms with Crippen LogP contribution in [0.2, 0.25) is 0 Å². The van der Waals surface area contributed by atoms with E-state index in [-0.39, 0.29) is 18.4 Å². The molecule has 2 amide bonds. The molecular formula is C20H21N5O2. The minimum Gasteiger partial charge on any atom is -0.368 e. The predicted octanol–water partition coefficient (Wildman–Crippen LogP) is 2.27. The van der Waals surface area contributed by atoms with Crippen LogP contribution in [-0.2, 0) is 4.79 Å². The van der Waals surface area contributed by atoms with Gasteiger partial charge in [0.2, 0.25) is 11.7 Å². The predicted molar refractivity (Wildman–Crippen MR) is 102 cm³/mol. The highest BCUT2D eigenvalue weighted by atomic mass is 16.2. The molecule has 0 radical (unpaired) electrons. The van der Waals surface area contributed by atoms with Gasteiger partial charge in [-0.05, 0) is 26.0 Å². The maximum Gasteiger partial charge on any atom is 0.294 e. The fourth-order valence-corrected chi connectivity index (χ4v) is 2.71. The van der Waals surface area contributed by atoms with Crippen LogP contribution in [0.4, 0.5) is 0 Å². The molecule has 7 heteroatoms. The van der Waals surface area contributed by atoms with Crippen molar-refractivity contribution in [2.24, 2.45) is 5.73 Å². The largest absolute Gasteiger partial charge is 0.368 e. The van der Waals surface area contributed by atoms with E-state index in [0.29, 0.717) is 5.82 Å². The minimum atomic E-state index is -0.581. The molecule has 3 aromatic rings. The molecule has 27 heavy (non-hydrogen) atoms. The van der Waals surface area contributed by atoms with Crippen LogP contribution in [-0.4, -0.2) is 44.1 Å². The highest BCUT2D eigenvalue weighted by molar-refractivity contribution is 5.94. The molecule has 7 nitrogen and oxygen atoms in total. The van der Waals surface area contributed by atoms with Crippen LogP contribution in [0.1, 0.15) is 24.5 Å². The Morgan fingerprint density at radius 2 is 1.63 bits per heavy atom. The third kappa shape index (κ3) is 4.03. The first-order valence-corrected chi connectivity index (χ1v) is 8.64. The van der Waals surface area contributed by atoms with Gasteiger partial charge in [-0.3, -0.25) is 9.59 Å². The number of nitrogens with two attached hydrogens (primary N) is 1. The van der Waals surface area contributed by atoms with E-state index in [0.717, 1.165) is 11.3 Å². The molecule has 0 spiro atoms. The van der Waals surface area contributed by atoms with Crippen molar-refractivity contribution in [3.05, 3.63) is 66.5 Å². The molecule has 0 fully saturated rings. The number of carbonyl (C=O) groups excluding carboxylic acids is 2. The van der Waals surface area contributed by atoms with Crippen molar-refractivity contribution in [1.29, 1.82) is 0 Å². The van der Waals surface area contributed by atoms with Crippen molar-refractivity contribution in [2.45, 2.75) is 19.9 Å². The topological polar surface area (TPSA) is 94.1 Å². The zero-order chi connectivity index (χ0) is 19.4. The summed E-state index contributed by atoms with van der Waals surface area (Å²) in [6.07, 6.45) is 0. The Bertz CT molecular complexity index is 879. The van der Waals surface area contributed by atoms with Crippen molar-refractivity contribution in [1.82, 2.24) is 19.7 Å². The van der Waals surface area contributed by atoms with E-state index in [2.05, 4.69) is 10.1 Å². The fourth-order valence-electron chi connectivity index (χ4n) is 2.71. The lowest BCUT2D eigenvalue weighted by molar-refractivity contribution is -0.119. The van der Waals surface area contributed by atoms with E-state index in [1.165, 1.54) is 4.90 Å². The number of rotatable bonds is 6. The van der Waals surface area contributed by atoms with Gasteiger partial charge in [-0.25, -0.2) is 9.67 Å². The van der Waals surface area contributed by atoms with Crippen LogP contribution in [0.5, 0.6) is 0 Å². The molecule has 0 aliphatic heterocycles. The van der Waals surface area contributed by atoms with Crippen LogP contribution in [0.15, 0.2) is 60.7 Å². The number of primary amides is 1. The molecule has 0 aliphatic rings. The second-order valence-corrected chi connectivity index (χ2v) is 6.37. The second-order valence-electron chi connectivity index (χ2n) is 6.37. The van der Waals surface area contributed by atoms with Gasteiger partial charge in [-0.2, -0.15) is 0 Å². The van der Waals surface area contributed by atoms with E-state index in [4.69, 9.17) is 5.73 Å². The summed E-state index contributed by atoms with van der Waals surface area (Å²) in [6, 6.07) is 18.8. The van der Waals surface area contributed by atoms with Gasteiger partial charge in [0.05, 0.1) is 12.2 Å². The van der Waals surface area contributed by atoms with Crippen molar-refractivity contribution < 1.29 is 9.59 Å². The Labute approximate surface area is 157 Å². The van der Waals surface area contributed by atoms with Crippen LogP contribution in [0, 0.1) is 0 Å². The maximum atomic E-state index is 12.9. The maximum absolute atomic E-state index is 12.9. The Hall–Kier alpha value is -3.48. The van der Waals surface area contributed by atoms with Gasteiger partial charge < -0.3 is 10.6 Å². The number of benzene rings is 2. The van der Waals surface area contributed by atoms with E-state index >= 15 is 0 Å². The molecule has 0 unspecified atom stereocenters. The first-order valence-electron chi connectivity index (χ1n) is 8.64. The van der Waals surface area contributed by atoms with Gasteiger partial charge in [0.15, 0.2) is 5.82 Å². The Kier molecular flexibility index (Phi) is 5.30. The van der Waals surface area contributed by atoms with Gasteiger partial charge >= 0.3 is 0 Å². The quantitative estimate of drug-likeness (QED) is 0.727. The molecule has 2 aromatic carbocycles. The molecule has 0 bridgehead atoms. The average Bonchev–Trinajstić information content (AvgIpc) is 3.12. The Balaban J connectivity index is 2.09. The van der Waals surface area contributed by atoms with Crippen molar-refractivity contribution in [3.63, 3.8) is 0 Å². The summed E-state index contributed by atoms with van der Waals surface area (Å²) in [6.45, 7) is 3.44. The van der Waals surface area contributed by atoms with Crippen LogP contribution in [0.25, 0.3) is 17.1 Å². The summed E-state index contributed by atoms with van der Waals surface area (Å²) in [4.78, 5) is 30.1. The normalized spacial score (nSPS) is 10.8. The summed E-state index contributed by atoms with van der Waals surface area (Å²) in [5, 5.41) is 4.43. The molecule has 138 valence electrons. The lowest BCUT2D eigenvalue weighted by atomic mass is 10.2. The fraction of sp³-hybridized carbons (Fsp3) is 0.200. The monoisotopic (exact) mass is 363 g/mol. The number of nitrogens with zero attached hydrogens (tertiary/aromatic N) is 4. The number of amides is 2. The van der Waals surface area contributed by atoms with Gasteiger partial charge in [-0.15, -0.1) is 5.10 Å². The van der Waals surface area contributed by atoms with Gasteiger partial charge in [-0.1, -0.05) is 48.5 Å². The lowest BCUT2D eigenvalue weighted by Crippen LogP contribution is -2.43. The SMILES string of the molecule is CC(C)N(CC(N)=O)C(=O)c1nc(-c2ccccc2)n(-c2ccccc2)n1. The van der Waals surface area contributed by atoms with E-state index < -0.39 is 11.8 Å². The summed E-state index contributed by atoms with van der Waals surface area (Å²) in [7, 11) is 0. The smallest absolute Gasteiger partial charge is 0.294 e. The van der Waals surface area contributed by atoms with E-state index in [9.17, 15) is 9.59 Å². The van der Waals surface area contributed by atoms with Crippen molar-refractivity contribution in [2.75, 3.05) is 6.54 Å². The van der Waals surface area contributed by atoms with E-state index in [1.54, 1.807) is 4.68 Å². The Morgan fingerprint density at radius 1 is 1.04 bits per heavy atom. The third-order valence-electron chi connectivity index (χ3n) is 4.04. The number of hydrogen-bond acceptors (Lipinski definition) is 4. The first-order chi connectivity index (χ1) is 13.0. The van der Waals surface area contributed by atoms with Crippen LogP contribution >= 0.6 is 0 Å². The van der Waals surface area contributed by atoms with Crippen molar-refractivity contribution in [3.8, 4) is 17.1 Å². The summed E-state index contributed by atoms with van der Waals surface area (Å²) in [5.74, 6) is -0.445. The zero-order valence-corrected chi connectivity index (χ0v) is 15.2. The standard InChI is InChI=1S/C20H21N5O2/c1-14(2)24(13-17(21)26)20(27)18-22-19(15-9-5-3-6-10-15)25(23-18)16-11-7-4-8-12-16/h3-12,14H,13H2,1-2H3,(H2,21,26). The summed E-state index contributed by atoms with van der Waals surface area (Å²) < 4.78 is 1.63. The van der Waals surface area contributed by atoms with Crippen LogP contribution in [0.3, 0.4) is 0 Å². The van der Waals surface area contributed by atoms with Crippen LogP contribution < -0.4 is 5.73 Å². The van der Waals surface area contributed by atoms with E-state index in [1.807, 2.05) is 74.5 Å². The molecule has 0 saturated carbocycles. The summed E-state index contributed by atoms with van der Waals surface area (Å²) in [5.41, 5.74) is 6.90.